The second-order valence-corrected chi connectivity index (χ2v) is 4.62. The maximum absolute atomic E-state index is 5.94. The number of aryl methyl sites for hydroxylation is 1. The van der Waals surface area contributed by atoms with Crippen LogP contribution in [0, 0.1) is 6.92 Å². The summed E-state index contributed by atoms with van der Waals surface area (Å²) in [6, 6.07) is 1.94. The Balaban J connectivity index is 3.46. The number of rotatable bonds is 0. The minimum absolute atomic E-state index is 0.721. The summed E-state index contributed by atoms with van der Waals surface area (Å²) in [7, 11) is 0. The van der Waals surface area contributed by atoms with Gasteiger partial charge in [0.1, 0.15) is 0 Å². The van der Waals surface area contributed by atoms with Crippen LogP contribution in [0.25, 0.3) is 0 Å². The van der Waals surface area contributed by atoms with E-state index in [1.807, 2.05) is 13.0 Å². The molecule has 0 amide bonds. The first-order valence-electron chi connectivity index (χ1n) is 2.87. The Morgan fingerprint density at radius 2 is 2.00 bits per heavy atom. The molecule has 0 heterocycles. The number of hydrogen-bond acceptors (Lipinski definition) is 1. The van der Waals surface area contributed by atoms with Crippen molar-refractivity contribution in [3.05, 3.63) is 25.6 Å². The second kappa shape index (κ2) is 3.69. The maximum Gasteiger partial charge on any atom is 0.0589 e. The Morgan fingerprint density at radius 3 is 2.55 bits per heavy atom. The van der Waals surface area contributed by atoms with Crippen LogP contribution in [0.2, 0.25) is 5.02 Å². The third-order valence-corrected chi connectivity index (χ3v) is 4.53. The summed E-state index contributed by atoms with van der Waals surface area (Å²) in [5, 5.41) is 0.721. The molecule has 1 aromatic rings. The van der Waals surface area contributed by atoms with E-state index in [9.17, 15) is 0 Å². The SMILES string of the molecule is Cc1cc(Br)c(S)c(Br)c1Cl. The molecule has 0 fully saturated rings. The van der Waals surface area contributed by atoms with E-state index in [2.05, 4.69) is 44.5 Å². The van der Waals surface area contributed by atoms with Gasteiger partial charge in [-0.05, 0) is 50.4 Å². The number of benzene rings is 1. The van der Waals surface area contributed by atoms with Crippen molar-refractivity contribution in [2.75, 3.05) is 0 Å². The highest BCUT2D eigenvalue weighted by molar-refractivity contribution is 9.11. The van der Waals surface area contributed by atoms with Crippen molar-refractivity contribution in [1.82, 2.24) is 0 Å². The highest BCUT2D eigenvalue weighted by Gasteiger charge is 2.07. The maximum atomic E-state index is 5.94. The van der Waals surface area contributed by atoms with Gasteiger partial charge in [0, 0.05) is 9.37 Å². The van der Waals surface area contributed by atoms with Gasteiger partial charge in [0.15, 0.2) is 0 Å². The van der Waals surface area contributed by atoms with Crippen LogP contribution in [0.1, 0.15) is 5.56 Å². The van der Waals surface area contributed by atoms with Gasteiger partial charge in [0.25, 0.3) is 0 Å². The molecule has 0 nitrogen and oxygen atoms in total. The molecular formula is C7H5Br2ClS. The molecule has 1 aromatic carbocycles. The largest absolute Gasteiger partial charge is 0.141 e. The zero-order valence-electron chi connectivity index (χ0n) is 5.66. The molecule has 0 aliphatic rings. The molecule has 1 rings (SSSR count). The van der Waals surface area contributed by atoms with Gasteiger partial charge in [-0.15, -0.1) is 12.6 Å². The normalized spacial score (nSPS) is 10.3. The van der Waals surface area contributed by atoms with Crippen LogP contribution in [-0.4, -0.2) is 0 Å². The molecule has 11 heavy (non-hydrogen) atoms. The van der Waals surface area contributed by atoms with Gasteiger partial charge in [-0.3, -0.25) is 0 Å². The van der Waals surface area contributed by atoms with Crippen LogP contribution < -0.4 is 0 Å². The summed E-state index contributed by atoms with van der Waals surface area (Å²) in [6.45, 7) is 1.95. The fraction of sp³-hybridized carbons (Fsp3) is 0.143. The predicted molar refractivity (Wildman–Crippen MR) is 58.8 cm³/mol. The standard InChI is InChI=1S/C7H5Br2ClS/c1-3-2-4(8)7(11)5(9)6(3)10/h2,11H,1H3. The molecule has 0 aromatic heterocycles. The quantitative estimate of drug-likeness (QED) is 0.530. The van der Waals surface area contributed by atoms with Crippen molar-refractivity contribution < 1.29 is 0 Å². The molecule has 0 saturated heterocycles. The van der Waals surface area contributed by atoms with Crippen molar-refractivity contribution >= 4 is 56.1 Å². The minimum atomic E-state index is 0.721. The second-order valence-electron chi connectivity index (χ2n) is 2.15. The molecule has 0 bridgehead atoms. The number of hydrogen-bond donors (Lipinski definition) is 1. The molecule has 0 unspecified atom stereocenters. The van der Waals surface area contributed by atoms with E-state index in [-0.39, 0.29) is 0 Å². The van der Waals surface area contributed by atoms with E-state index in [0.717, 1.165) is 24.4 Å². The lowest BCUT2D eigenvalue weighted by Gasteiger charge is -2.05. The molecule has 0 radical (unpaired) electrons. The van der Waals surface area contributed by atoms with Gasteiger partial charge >= 0.3 is 0 Å². The lowest BCUT2D eigenvalue weighted by atomic mass is 10.2. The Hall–Kier alpha value is 0.820. The Morgan fingerprint density at radius 1 is 1.45 bits per heavy atom. The fourth-order valence-corrected chi connectivity index (χ4v) is 2.43. The van der Waals surface area contributed by atoms with Gasteiger partial charge in [0.05, 0.1) is 9.50 Å². The smallest absolute Gasteiger partial charge is 0.0589 e. The zero-order chi connectivity index (χ0) is 8.59. The van der Waals surface area contributed by atoms with Crippen molar-refractivity contribution in [2.45, 2.75) is 11.8 Å². The van der Waals surface area contributed by atoms with Crippen LogP contribution >= 0.6 is 56.1 Å². The van der Waals surface area contributed by atoms with Crippen LogP contribution in [0.5, 0.6) is 0 Å². The molecule has 0 atom stereocenters. The topological polar surface area (TPSA) is 0 Å². The monoisotopic (exact) mass is 314 g/mol. The summed E-state index contributed by atoms with van der Waals surface area (Å²) < 4.78 is 1.80. The zero-order valence-corrected chi connectivity index (χ0v) is 10.5. The van der Waals surface area contributed by atoms with E-state index in [1.54, 1.807) is 0 Å². The Kier molecular flexibility index (Phi) is 3.32. The lowest BCUT2D eigenvalue weighted by Crippen LogP contribution is -1.80. The average Bonchev–Trinajstić information content (AvgIpc) is 1.97. The first kappa shape index (κ1) is 9.90. The van der Waals surface area contributed by atoms with Crippen molar-refractivity contribution in [1.29, 1.82) is 0 Å². The van der Waals surface area contributed by atoms with Gasteiger partial charge < -0.3 is 0 Å². The minimum Gasteiger partial charge on any atom is -0.141 e. The average molecular weight is 316 g/mol. The van der Waals surface area contributed by atoms with Gasteiger partial charge in [-0.1, -0.05) is 11.6 Å². The number of halogens is 3. The highest BCUT2D eigenvalue weighted by atomic mass is 79.9. The molecule has 60 valence electrons. The molecule has 4 heteroatoms. The van der Waals surface area contributed by atoms with Crippen LogP contribution in [0.3, 0.4) is 0 Å². The predicted octanol–water partition coefficient (Wildman–Crippen LogP) is 4.46. The van der Waals surface area contributed by atoms with Gasteiger partial charge in [-0.25, -0.2) is 0 Å². The molecule has 0 aliphatic heterocycles. The van der Waals surface area contributed by atoms with Gasteiger partial charge in [-0.2, -0.15) is 0 Å². The first-order chi connectivity index (χ1) is 5.04. The Bertz CT molecular complexity index is 273. The third kappa shape index (κ3) is 1.94. The summed E-state index contributed by atoms with van der Waals surface area (Å²) >= 11 is 16.9. The number of thiol groups is 1. The summed E-state index contributed by atoms with van der Waals surface area (Å²) in [5.74, 6) is 0. The van der Waals surface area contributed by atoms with Crippen molar-refractivity contribution in [3.8, 4) is 0 Å². The highest BCUT2D eigenvalue weighted by Crippen LogP contribution is 2.36. The summed E-state index contributed by atoms with van der Waals surface area (Å²) in [4.78, 5) is 0.834. The summed E-state index contributed by atoms with van der Waals surface area (Å²) in [6.07, 6.45) is 0. The van der Waals surface area contributed by atoms with E-state index < -0.39 is 0 Å². The molecule has 0 saturated carbocycles. The van der Waals surface area contributed by atoms with Crippen LogP contribution in [-0.2, 0) is 0 Å². The lowest BCUT2D eigenvalue weighted by molar-refractivity contribution is 1.31. The summed E-state index contributed by atoms with van der Waals surface area (Å²) in [5.41, 5.74) is 1.03. The molecule has 0 spiro atoms. The molecular weight excluding hydrogens is 311 g/mol. The first-order valence-corrected chi connectivity index (χ1v) is 5.28. The van der Waals surface area contributed by atoms with E-state index in [0.29, 0.717) is 0 Å². The molecule has 0 N–H and O–H groups in total. The van der Waals surface area contributed by atoms with Crippen LogP contribution in [0.4, 0.5) is 0 Å². The van der Waals surface area contributed by atoms with Crippen LogP contribution in [0.15, 0.2) is 19.9 Å². The fourth-order valence-electron chi connectivity index (χ4n) is 0.704. The van der Waals surface area contributed by atoms with Crippen molar-refractivity contribution in [3.63, 3.8) is 0 Å². The van der Waals surface area contributed by atoms with E-state index in [1.165, 1.54) is 0 Å². The van der Waals surface area contributed by atoms with Gasteiger partial charge in [0.2, 0.25) is 0 Å². The third-order valence-electron chi connectivity index (χ3n) is 1.32. The Labute approximate surface area is 93.0 Å². The van der Waals surface area contributed by atoms with Crippen molar-refractivity contribution in [2.24, 2.45) is 0 Å². The van der Waals surface area contributed by atoms with E-state index in [4.69, 9.17) is 11.6 Å². The molecule has 0 aliphatic carbocycles. The van der Waals surface area contributed by atoms with E-state index >= 15 is 0 Å².